The maximum atomic E-state index is 12.3. The number of benzene rings is 1. The van der Waals surface area contributed by atoms with Gasteiger partial charge in [0.2, 0.25) is 5.91 Å². The summed E-state index contributed by atoms with van der Waals surface area (Å²) in [5.74, 6) is -0.0398. The van der Waals surface area contributed by atoms with E-state index in [1.807, 2.05) is 52.0 Å². The first kappa shape index (κ1) is 18.4. The number of rotatable bonds is 8. The molecule has 0 aliphatic rings. The van der Waals surface area contributed by atoms with Crippen LogP contribution in [0, 0.1) is 0 Å². The van der Waals surface area contributed by atoms with E-state index in [0.717, 1.165) is 0 Å². The molecular weight excluding hydrogens is 276 g/mol. The lowest BCUT2D eigenvalue weighted by Gasteiger charge is -2.28. The third kappa shape index (κ3) is 6.87. The smallest absolute Gasteiger partial charge is 0.238 e. The van der Waals surface area contributed by atoms with Crippen molar-refractivity contribution in [1.82, 2.24) is 10.2 Å². The molecule has 0 saturated carbocycles. The predicted octanol–water partition coefficient (Wildman–Crippen LogP) is 2.95. The Hall–Kier alpha value is -1.65. The van der Waals surface area contributed by atoms with E-state index >= 15 is 0 Å². The first-order valence-corrected chi connectivity index (χ1v) is 7.64. The zero-order chi connectivity index (χ0) is 16.6. The molecule has 0 bridgehead atoms. The monoisotopic (exact) mass is 304 g/mol. The molecular formula is C18H28N2O2. The minimum atomic E-state index is -0.263. The largest absolute Gasteiger partial charge is 0.356 e. The van der Waals surface area contributed by atoms with Gasteiger partial charge in [0.05, 0.1) is 11.6 Å². The minimum absolute atomic E-state index is 0.0398. The number of ether oxygens (including phenoxy) is 1. The van der Waals surface area contributed by atoms with Gasteiger partial charge in [0.15, 0.2) is 0 Å². The van der Waals surface area contributed by atoms with Crippen molar-refractivity contribution >= 4 is 5.91 Å². The summed E-state index contributed by atoms with van der Waals surface area (Å²) < 4.78 is 5.54. The summed E-state index contributed by atoms with van der Waals surface area (Å²) in [5, 5.41) is 2.83. The third-order valence-electron chi connectivity index (χ3n) is 3.27. The van der Waals surface area contributed by atoms with Gasteiger partial charge in [0, 0.05) is 13.1 Å². The Bertz CT molecular complexity index is 466. The van der Waals surface area contributed by atoms with Gasteiger partial charge in [0.1, 0.15) is 6.73 Å². The van der Waals surface area contributed by atoms with Crippen LogP contribution in [0.25, 0.3) is 0 Å². The summed E-state index contributed by atoms with van der Waals surface area (Å²) in [6, 6.07) is 9.86. The molecule has 1 aromatic carbocycles. The molecule has 4 nitrogen and oxygen atoms in total. The summed E-state index contributed by atoms with van der Waals surface area (Å²) in [4.78, 5) is 14.3. The van der Waals surface area contributed by atoms with Gasteiger partial charge in [-0.25, -0.2) is 0 Å². The SMILES string of the molecule is C=CCN(Cc1ccccc1)C(C)C(=O)NCOC(C)(C)C. The highest BCUT2D eigenvalue weighted by atomic mass is 16.5. The molecule has 0 saturated heterocycles. The topological polar surface area (TPSA) is 41.6 Å². The summed E-state index contributed by atoms with van der Waals surface area (Å²) in [6.45, 7) is 13.2. The van der Waals surface area contributed by atoms with Crippen LogP contribution in [0.1, 0.15) is 33.3 Å². The van der Waals surface area contributed by atoms with Crippen molar-refractivity contribution in [3.05, 3.63) is 48.6 Å². The summed E-state index contributed by atoms with van der Waals surface area (Å²) >= 11 is 0. The van der Waals surface area contributed by atoms with Crippen molar-refractivity contribution < 1.29 is 9.53 Å². The first-order chi connectivity index (χ1) is 10.3. The van der Waals surface area contributed by atoms with Gasteiger partial charge in [-0.1, -0.05) is 36.4 Å². The number of hydrogen-bond acceptors (Lipinski definition) is 3. The highest BCUT2D eigenvalue weighted by Crippen LogP contribution is 2.09. The van der Waals surface area contributed by atoms with Crippen molar-refractivity contribution in [3.63, 3.8) is 0 Å². The quantitative estimate of drug-likeness (QED) is 0.593. The van der Waals surface area contributed by atoms with E-state index < -0.39 is 0 Å². The number of carbonyl (C=O) groups is 1. The molecule has 0 aromatic heterocycles. The van der Waals surface area contributed by atoms with E-state index in [0.29, 0.717) is 13.1 Å². The number of nitrogens with one attached hydrogen (secondary N) is 1. The molecule has 0 fully saturated rings. The second-order valence-corrected chi connectivity index (χ2v) is 6.32. The lowest BCUT2D eigenvalue weighted by molar-refractivity contribution is -0.129. The van der Waals surface area contributed by atoms with Crippen LogP contribution in [0.4, 0.5) is 0 Å². The predicted molar refractivity (Wildman–Crippen MR) is 90.4 cm³/mol. The summed E-state index contributed by atoms with van der Waals surface area (Å²) in [5.41, 5.74) is 0.913. The molecule has 1 atom stereocenters. The normalized spacial score (nSPS) is 13.0. The Balaban J connectivity index is 2.58. The van der Waals surface area contributed by atoms with Crippen LogP contribution in [-0.4, -0.2) is 35.7 Å². The fourth-order valence-electron chi connectivity index (χ4n) is 1.98. The van der Waals surface area contributed by atoms with E-state index in [1.54, 1.807) is 0 Å². The van der Waals surface area contributed by atoms with Crippen LogP contribution in [0.3, 0.4) is 0 Å². The molecule has 0 aliphatic carbocycles. The highest BCUT2D eigenvalue weighted by molar-refractivity contribution is 5.81. The van der Waals surface area contributed by atoms with Crippen LogP contribution in [0.5, 0.6) is 0 Å². The molecule has 4 heteroatoms. The van der Waals surface area contributed by atoms with E-state index in [-0.39, 0.29) is 24.3 Å². The molecule has 0 aliphatic heterocycles. The molecule has 1 rings (SSSR count). The zero-order valence-corrected chi connectivity index (χ0v) is 14.1. The van der Waals surface area contributed by atoms with Gasteiger partial charge in [-0.2, -0.15) is 0 Å². The standard InChI is InChI=1S/C18H28N2O2/c1-6-12-20(13-16-10-8-7-9-11-16)15(2)17(21)19-14-22-18(3,4)5/h6-11,15H,1,12-14H2,2-5H3,(H,19,21). The molecule has 1 N–H and O–H groups in total. The zero-order valence-electron chi connectivity index (χ0n) is 14.1. The molecule has 122 valence electrons. The molecule has 1 amide bonds. The number of nitrogens with zero attached hydrogens (tertiary/aromatic N) is 1. The van der Waals surface area contributed by atoms with Gasteiger partial charge in [-0.05, 0) is 33.3 Å². The summed E-state index contributed by atoms with van der Waals surface area (Å²) in [7, 11) is 0. The van der Waals surface area contributed by atoms with Gasteiger partial charge in [-0.15, -0.1) is 6.58 Å². The molecule has 0 radical (unpaired) electrons. The molecule has 0 heterocycles. The summed E-state index contributed by atoms with van der Waals surface area (Å²) in [6.07, 6.45) is 1.82. The van der Waals surface area contributed by atoms with Crippen LogP contribution in [0.2, 0.25) is 0 Å². The van der Waals surface area contributed by atoms with E-state index in [2.05, 4.69) is 28.9 Å². The van der Waals surface area contributed by atoms with Crippen molar-refractivity contribution in [1.29, 1.82) is 0 Å². The Morgan fingerprint density at radius 1 is 1.36 bits per heavy atom. The maximum absolute atomic E-state index is 12.3. The molecule has 1 aromatic rings. The molecule has 0 spiro atoms. The Kier molecular flexibility index (Phi) is 7.28. The maximum Gasteiger partial charge on any atom is 0.238 e. The van der Waals surface area contributed by atoms with E-state index in [1.165, 1.54) is 5.56 Å². The lowest BCUT2D eigenvalue weighted by Crippen LogP contribution is -2.46. The molecule has 22 heavy (non-hydrogen) atoms. The second kappa shape index (κ2) is 8.71. The van der Waals surface area contributed by atoms with Gasteiger partial charge in [-0.3, -0.25) is 9.69 Å². The first-order valence-electron chi connectivity index (χ1n) is 7.64. The van der Waals surface area contributed by atoms with Gasteiger partial charge < -0.3 is 10.1 Å². The number of hydrogen-bond donors (Lipinski definition) is 1. The highest BCUT2D eigenvalue weighted by Gasteiger charge is 2.21. The van der Waals surface area contributed by atoms with Crippen molar-refractivity contribution in [2.24, 2.45) is 0 Å². The van der Waals surface area contributed by atoms with Gasteiger partial charge in [0.25, 0.3) is 0 Å². The number of amides is 1. The van der Waals surface area contributed by atoms with Crippen molar-refractivity contribution in [3.8, 4) is 0 Å². The van der Waals surface area contributed by atoms with Crippen LogP contribution in [-0.2, 0) is 16.1 Å². The fraction of sp³-hybridized carbons (Fsp3) is 0.500. The van der Waals surface area contributed by atoms with E-state index in [9.17, 15) is 4.79 Å². The van der Waals surface area contributed by atoms with Crippen LogP contribution < -0.4 is 5.32 Å². The van der Waals surface area contributed by atoms with Crippen molar-refractivity contribution in [2.45, 2.75) is 45.9 Å². The van der Waals surface area contributed by atoms with Crippen molar-refractivity contribution in [2.75, 3.05) is 13.3 Å². The minimum Gasteiger partial charge on any atom is -0.356 e. The Morgan fingerprint density at radius 2 is 2.00 bits per heavy atom. The van der Waals surface area contributed by atoms with Gasteiger partial charge >= 0.3 is 0 Å². The van der Waals surface area contributed by atoms with Crippen LogP contribution >= 0.6 is 0 Å². The average Bonchev–Trinajstić information content (AvgIpc) is 2.45. The third-order valence-corrected chi connectivity index (χ3v) is 3.27. The fourth-order valence-corrected chi connectivity index (χ4v) is 1.98. The van der Waals surface area contributed by atoms with Crippen LogP contribution in [0.15, 0.2) is 43.0 Å². The Labute approximate surface area is 134 Å². The molecule has 1 unspecified atom stereocenters. The lowest BCUT2D eigenvalue weighted by atomic mass is 10.1. The van der Waals surface area contributed by atoms with E-state index in [4.69, 9.17) is 4.74 Å². The number of carbonyl (C=O) groups excluding carboxylic acids is 1. The second-order valence-electron chi connectivity index (χ2n) is 6.32. The Morgan fingerprint density at radius 3 is 2.55 bits per heavy atom. The average molecular weight is 304 g/mol.